The zero-order chi connectivity index (χ0) is 9.10. The maximum absolute atomic E-state index is 2.14. The average molecular weight is 189 g/mol. The van der Waals surface area contributed by atoms with E-state index in [1.807, 2.05) is 24.5 Å². The van der Waals surface area contributed by atoms with E-state index in [4.69, 9.17) is 0 Å². The standard InChI is InChI=1S/C11H11NS/c1-10-4-6-11(7-5-10)13-12-8-2-3-9-12/h2-9H,1H3. The van der Waals surface area contributed by atoms with Crippen LogP contribution in [0, 0.1) is 6.92 Å². The van der Waals surface area contributed by atoms with Gasteiger partial charge < -0.3 is 0 Å². The number of hydrogen-bond donors (Lipinski definition) is 0. The van der Waals surface area contributed by atoms with E-state index in [1.54, 1.807) is 11.9 Å². The molecule has 2 heteroatoms. The first-order chi connectivity index (χ1) is 6.34. The second-order valence-electron chi connectivity index (χ2n) is 2.95. The number of aromatic nitrogens is 1. The molecule has 0 saturated heterocycles. The van der Waals surface area contributed by atoms with Gasteiger partial charge >= 0.3 is 0 Å². The van der Waals surface area contributed by atoms with Crippen LogP contribution in [-0.4, -0.2) is 3.97 Å². The van der Waals surface area contributed by atoms with Gasteiger partial charge in [0.05, 0.1) is 0 Å². The molecule has 0 aliphatic rings. The van der Waals surface area contributed by atoms with E-state index in [1.165, 1.54) is 10.5 Å². The van der Waals surface area contributed by atoms with E-state index < -0.39 is 0 Å². The summed E-state index contributed by atoms with van der Waals surface area (Å²) in [5.41, 5.74) is 1.30. The van der Waals surface area contributed by atoms with Crippen molar-refractivity contribution in [2.24, 2.45) is 0 Å². The number of benzene rings is 1. The molecule has 0 amide bonds. The van der Waals surface area contributed by atoms with Crippen molar-refractivity contribution in [3.05, 3.63) is 54.4 Å². The van der Waals surface area contributed by atoms with Crippen LogP contribution in [0.3, 0.4) is 0 Å². The number of aryl methyl sites for hydroxylation is 1. The number of hydrogen-bond acceptors (Lipinski definition) is 1. The molecule has 0 spiro atoms. The molecular weight excluding hydrogens is 178 g/mol. The Morgan fingerprint density at radius 2 is 1.62 bits per heavy atom. The summed E-state index contributed by atoms with van der Waals surface area (Å²) < 4.78 is 2.09. The lowest BCUT2D eigenvalue weighted by Crippen LogP contribution is -1.80. The minimum Gasteiger partial charge on any atom is -0.295 e. The predicted octanol–water partition coefficient (Wildman–Crippen LogP) is 3.35. The van der Waals surface area contributed by atoms with Crippen LogP contribution in [0.15, 0.2) is 53.7 Å². The minimum atomic E-state index is 1.27. The van der Waals surface area contributed by atoms with Crippen molar-refractivity contribution in [1.29, 1.82) is 0 Å². The first-order valence-corrected chi connectivity index (χ1v) is 5.00. The highest BCUT2D eigenvalue weighted by Crippen LogP contribution is 2.19. The fourth-order valence-corrected chi connectivity index (χ4v) is 1.86. The molecule has 1 aromatic heterocycles. The maximum Gasteiger partial charge on any atom is 0.0290 e. The molecule has 2 aromatic rings. The molecule has 0 atom stereocenters. The van der Waals surface area contributed by atoms with Crippen LogP contribution in [0.2, 0.25) is 0 Å². The second-order valence-corrected chi connectivity index (χ2v) is 4.02. The van der Waals surface area contributed by atoms with Crippen LogP contribution in [0.25, 0.3) is 0 Å². The van der Waals surface area contributed by atoms with Gasteiger partial charge in [-0.25, -0.2) is 0 Å². The summed E-state index contributed by atoms with van der Waals surface area (Å²) in [6.45, 7) is 2.10. The molecule has 1 aromatic carbocycles. The van der Waals surface area contributed by atoms with Crippen molar-refractivity contribution >= 4 is 11.9 Å². The first kappa shape index (κ1) is 8.45. The highest BCUT2D eigenvalue weighted by atomic mass is 32.2. The van der Waals surface area contributed by atoms with Crippen molar-refractivity contribution < 1.29 is 0 Å². The smallest absolute Gasteiger partial charge is 0.0290 e. The lowest BCUT2D eigenvalue weighted by atomic mass is 10.2. The van der Waals surface area contributed by atoms with Crippen LogP contribution >= 0.6 is 11.9 Å². The summed E-state index contributed by atoms with van der Waals surface area (Å²) in [4.78, 5) is 1.27. The lowest BCUT2D eigenvalue weighted by molar-refractivity contribution is 1.26. The highest BCUT2D eigenvalue weighted by Gasteiger charge is 1.93. The Balaban J connectivity index is 2.15. The first-order valence-electron chi connectivity index (χ1n) is 4.22. The van der Waals surface area contributed by atoms with Crippen molar-refractivity contribution in [3.8, 4) is 0 Å². The Morgan fingerprint density at radius 1 is 1.00 bits per heavy atom. The number of nitrogens with zero attached hydrogens (tertiary/aromatic N) is 1. The van der Waals surface area contributed by atoms with Crippen molar-refractivity contribution in [1.82, 2.24) is 3.97 Å². The molecule has 0 saturated carbocycles. The predicted molar refractivity (Wildman–Crippen MR) is 56.9 cm³/mol. The fraction of sp³-hybridized carbons (Fsp3) is 0.0909. The number of rotatable bonds is 2. The molecule has 0 fully saturated rings. The molecule has 0 unspecified atom stereocenters. The van der Waals surface area contributed by atoms with Crippen LogP contribution in [0.5, 0.6) is 0 Å². The van der Waals surface area contributed by atoms with Crippen LogP contribution < -0.4 is 0 Å². The summed E-state index contributed by atoms with van der Waals surface area (Å²) in [6, 6.07) is 12.6. The molecule has 2 rings (SSSR count). The van der Waals surface area contributed by atoms with Gasteiger partial charge in [0.2, 0.25) is 0 Å². The maximum atomic E-state index is 2.14. The molecule has 0 N–H and O–H groups in total. The van der Waals surface area contributed by atoms with E-state index in [9.17, 15) is 0 Å². The Bertz CT molecular complexity index is 361. The van der Waals surface area contributed by atoms with Gasteiger partial charge in [-0.2, -0.15) is 0 Å². The van der Waals surface area contributed by atoms with Crippen molar-refractivity contribution in [2.75, 3.05) is 0 Å². The minimum absolute atomic E-state index is 1.27. The largest absolute Gasteiger partial charge is 0.295 e. The van der Waals surface area contributed by atoms with Gasteiger partial charge in [-0.1, -0.05) is 17.7 Å². The van der Waals surface area contributed by atoms with Gasteiger partial charge in [0.1, 0.15) is 0 Å². The van der Waals surface area contributed by atoms with Crippen LogP contribution in [0.1, 0.15) is 5.56 Å². The Labute approximate surface area is 82.5 Å². The van der Waals surface area contributed by atoms with E-state index in [2.05, 4.69) is 35.2 Å². The SMILES string of the molecule is Cc1ccc(Sn2cccc2)cc1. The molecule has 66 valence electrons. The average Bonchev–Trinajstić information content (AvgIpc) is 2.62. The third kappa shape index (κ3) is 2.16. The van der Waals surface area contributed by atoms with Gasteiger partial charge in [0.15, 0.2) is 0 Å². The van der Waals surface area contributed by atoms with Gasteiger partial charge in [0, 0.05) is 17.3 Å². The van der Waals surface area contributed by atoms with E-state index in [0.717, 1.165) is 0 Å². The van der Waals surface area contributed by atoms with Crippen molar-refractivity contribution in [3.63, 3.8) is 0 Å². The van der Waals surface area contributed by atoms with E-state index >= 15 is 0 Å². The lowest BCUT2D eigenvalue weighted by Gasteiger charge is -2.01. The Kier molecular flexibility index (Phi) is 2.41. The highest BCUT2D eigenvalue weighted by molar-refractivity contribution is 7.97. The van der Waals surface area contributed by atoms with Crippen molar-refractivity contribution in [2.45, 2.75) is 11.8 Å². The zero-order valence-electron chi connectivity index (χ0n) is 7.47. The van der Waals surface area contributed by atoms with Crippen LogP contribution in [0.4, 0.5) is 0 Å². The molecule has 13 heavy (non-hydrogen) atoms. The molecule has 0 aliphatic carbocycles. The summed E-state index contributed by atoms with van der Waals surface area (Å²) in [5.74, 6) is 0. The summed E-state index contributed by atoms with van der Waals surface area (Å²) >= 11 is 1.72. The summed E-state index contributed by atoms with van der Waals surface area (Å²) in [5, 5.41) is 0. The van der Waals surface area contributed by atoms with E-state index in [0.29, 0.717) is 0 Å². The molecular formula is C11H11NS. The zero-order valence-corrected chi connectivity index (χ0v) is 8.29. The fourth-order valence-electron chi connectivity index (χ4n) is 1.10. The topological polar surface area (TPSA) is 4.93 Å². The van der Waals surface area contributed by atoms with Gasteiger partial charge in [0.25, 0.3) is 0 Å². The monoisotopic (exact) mass is 189 g/mol. The Hall–Kier alpha value is -1.15. The molecule has 1 heterocycles. The van der Waals surface area contributed by atoms with Gasteiger partial charge in [-0.15, -0.1) is 0 Å². The molecule has 0 bridgehead atoms. The third-order valence-corrected chi connectivity index (χ3v) is 2.75. The molecule has 0 aliphatic heterocycles. The quantitative estimate of drug-likeness (QED) is 0.701. The molecule has 0 radical (unpaired) electrons. The van der Waals surface area contributed by atoms with Crippen LogP contribution in [-0.2, 0) is 0 Å². The van der Waals surface area contributed by atoms with E-state index in [-0.39, 0.29) is 0 Å². The second kappa shape index (κ2) is 3.71. The van der Waals surface area contributed by atoms with Gasteiger partial charge in [-0.05, 0) is 43.1 Å². The van der Waals surface area contributed by atoms with Gasteiger partial charge in [-0.3, -0.25) is 3.97 Å². The normalized spacial score (nSPS) is 10.2. The summed E-state index contributed by atoms with van der Waals surface area (Å²) in [6.07, 6.45) is 4.09. The third-order valence-electron chi connectivity index (χ3n) is 1.81. The molecule has 1 nitrogen and oxygen atoms in total. The Morgan fingerprint density at radius 3 is 2.23 bits per heavy atom. The summed E-state index contributed by atoms with van der Waals surface area (Å²) in [7, 11) is 0.